The van der Waals surface area contributed by atoms with Crippen molar-refractivity contribution in [2.45, 2.75) is 46.6 Å². The molecule has 7 heteroatoms. The van der Waals surface area contributed by atoms with E-state index < -0.39 is 5.97 Å². The van der Waals surface area contributed by atoms with Crippen LogP contribution in [0.2, 0.25) is 0 Å². The Labute approximate surface area is 142 Å². The average molecular weight is 334 g/mol. The van der Waals surface area contributed by atoms with Gasteiger partial charge in [0.1, 0.15) is 0 Å². The lowest BCUT2D eigenvalue weighted by Crippen LogP contribution is -2.42. The lowest BCUT2D eigenvalue weighted by Gasteiger charge is -2.33. The zero-order chi connectivity index (χ0) is 17.7. The third-order valence-electron chi connectivity index (χ3n) is 6.25. The van der Waals surface area contributed by atoms with Gasteiger partial charge >= 0.3 is 5.97 Å². The monoisotopic (exact) mass is 334 g/mol. The van der Waals surface area contributed by atoms with Crippen molar-refractivity contribution in [3.8, 4) is 0 Å². The molecule has 0 N–H and O–H groups in total. The van der Waals surface area contributed by atoms with Crippen LogP contribution >= 0.6 is 0 Å². The topological polar surface area (TPSA) is 77.3 Å². The number of esters is 1. The number of rotatable bonds is 3. The van der Waals surface area contributed by atoms with Gasteiger partial charge in [-0.3, -0.25) is 4.79 Å². The van der Waals surface area contributed by atoms with Crippen molar-refractivity contribution in [1.82, 2.24) is 19.9 Å². The number of amides is 1. The maximum absolute atomic E-state index is 12.9. The van der Waals surface area contributed by atoms with Crippen LogP contribution in [0.5, 0.6) is 0 Å². The van der Waals surface area contributed by atoms with E-state index in [0.29, 0.717) is 6.54 Å². The molecule has 0 bridgehead atoms. The largest absolute Gasteiger partial charge is 0.464 e. The van der Waals surface area contributed by atoms with Crippen molar-refractivity contribution >= 4 is 11.9 Å². The SMILES string of the molecule is COC(=O)c1cn([C@@H]2CCCN(C(=O)C3C(C)(C)C3(C)C)C2)nn1. The molecule has 3 rings (SSSR count). The number of hydrogen-bond donors (Lipinski definition) is 0. The quantitative estimate of drug-likeness (QED) is 0.789. The normalized spacial score (nSPS) is 25.4. The Morgan fingerprint density at radius 3 is 2.50 bits per heavy atom. The van der Waals surface area contributed by atoms with Crippen molar-refractivity contribution in [3.05, 3.63) is 11.9 Å². The molecule has 0 spiro atoms. The number of methoxy groups -OCH3 is 1. The summed E-state index contributed by atoms with van der Waals surface area (Å²) in [6.07, 6.45) is 3.46. The van der Waals surface area contributed by atoms with Gasteiger partial charge in [0.25, 0.3) is 0 Å². The molecule has 2 fully saturated rings. The minimum absolute atomic E-state index is 0.0440. The summed E-state index contributed by atoms with van der Waals surface area (Å²) in [5, 5.41) is 7.91. The average Bonchev–Trinajstić information content (AvgIpc) is 2.91. The van der Waals surface area contributed by atoms with Gasteiger partial charge in [-0.25, -0.2) is 9.48 Å². The molecule has 0 aromatic carbocycles. The third kappa shape index (κ3) is 2.50. The number of likely N-dealkylation sites (tertiary alicyclic amines) is 1. The highest BCUT2D eigenvalue weighted by Gasteiger charge is 2.68. The fourth-order valence-electron chi connectivity index (χ4n) is 4.02. The van der Waals surface area contributed by atoms with Gasteiger partial charge in [-0.2, -0.15) is 0 Å². The van der Waals surface area contributed by atoms with Crippen LogP contribution < -0.4 is 0 Å². The van der Waals surface area contributed by atoms with Gasteiger partial charge in [0.05, 0.1) is 19.3 Å². The summed E-state index contributed by atoms with van der Waals surface area (Å²) in [5.74, 6) is -0.181. The summed E-state index contributed by atoms with van der Waals surface area (Å²) < 4.78 is 6.35. The summed E-state index contributed by atoms with van der Waals surface area (Å²) in [7, 11) is 1.32. The van der Waals surface area contributed by atoms with Crippen LogP contribution in [0.3, 0.4) is 0 Å². The molecular formula is C17H26N4O3. The van der Waals surface area contributed by atoms with Crippen molar-refractivity contribution in [1.29, 1.82) is 0 Å². The van der Waals surface area contributed by atoms with Gasteiger partial charge in [0, 0.05) is 19.0 Å². The molecule has 1 aliphatic heterocycles. The maximum atomic E-state index is 12.9. The molecule has 1 saturated carbocycles. The third-order valence-corrected chi connectivity index (χ3v) is 6.25. The first-order valence-corrected chi connectivity index (χ1v) is 8.49. The summed E-state index contributed by atoms with van der Waals surface area (Å²) in [6.45, 7) is 10.1. The van der Waals surface area contributed by atoms with Gasteiger partial charge in [-0.1, -0.05) is 32.9 Å². The number of carbonyl (C=O) groups excluding carboxylic acids is 2. The van der Waals surface area contributed by atoms with Crippen molar-refractivity contribution in [2.24, 2.45) is 16.7 Å². The molecule has 7 nitrogen and oxygen atoms in total. The zero-order valence-electron chi connectivity index (χ0n) is 15.1. The lowest BCUT2D eigenvalue weighted by atomic mass is 10.0. The number of ether oxygens (including phenoxy) is 1. The molecule has 1 amide bonds. The zero-order valence-corrected chi connectivity index (χ0v) is 15.1. The van der Waals surface area contributed by atoms with Crippen LogP contribution in [0, 0.1) is 16.7 Å². The van der Waals surface area contributed by atoms with E-state index in [1.165, 1.54) is 7.11 Å². The van der Waals surface area contributed by atoms with Crippen molar-refractivity contribution < 1.29 is 14.3 Å². The number of nitrogens with zero attached hydrogens (tertiary/aromatic N) is 4. The fourth-order valence-corrected chi connectivity index (χ4v) is 4.02. The van der Waals surface area contributed by atoms with E-state index in [1.807, 2.05) is 4.90 Å². The number of aromatic nitrogens is 3. The molecule has 2 heterocycles. The van der Waals surface area contributed by atoms with Crippen LogP contribution in [0.15, 0.2) is 6.20 Å². The molecule has 0 unspecified atom stereocenters. The fraction of sp³-hybridized carbons (Fsp3) is 0.765. The number of carbonyl (C=O) groups is 2. The predicted octanol–water partition coefficient (Wildman–Crippen LogP) is 1.91. The van der Waals surface area contributed by atoms with E-state index >= 15 is 0 Å². The van der Waals surface area contributed by atoms with E-state index in [2.05, 4.69) is 42.7 Å². The summed E-state index contributed by atoms with van der Waals surface area (Å²) in [4.78, 5) is 26.4. The Bertz CT molecular complexity index is 651. The van der Waals surface area contributed by atoms with E-state index in [-0.39, 0.29) is 34.4 Å². The minimum Gasteiger partial charge on any atom is -0.464 e. The van der Waals surface area contributed by atoms with Crippen LogP contribution in [-0.4, -0.2) is 52.0 Å². The predicted molar refractivity (Wildman–Crippen MR) is 87.3 cm³/mol. The first-order valence-electron chi connectivity index (χ1n) is 8.49. The molecule has 2 aliphatic rings. The minimum atomic E-state index is -0.494. The highest BCUT2D eigenvalue weighted by molar-refractivity contribution is 5.86. The molecule has 1 aromatic rings. The Hall–Kier alpha value is -1.92. The van der Waals surface area contributed by atoms with Gasteiger partial charge in [0.2, 0.25) is 5.91 Å². The summed E-state index contributed by atoms with van der Waals surface area (Å²) in [5.41, 5.74) is 0.287. The Balaban J connectivity index is 1.70. The number of hydrogen-bond acceptors (Lipinski definition) is 5. The first kappa shape index (κ1) is 16.9. The van der Waals surface area contributed by atoms with Gasteiger partial charge in [-0.05, 0) is 23.7 Å². The van der Waals surface area contributed by atoms with Gasteiger partial charge in [0.15, 0.2) is 5.69 Å². The van der Waals surface area contributed by atoms with Crippen LogP contribution in [0.25, 0.3) is 0 Å². The molecule has 132 valence electrons. The molecule has 1 aromatic heterocycles. The van der Waals surface area contributed by atoms with E-state index in [9.17, 15) is 9.59 Å². The Morgan fingerprint density at radius 2 is 1.92 bits per heavy atom. The smallest absolute Gasteiger partial charge is 0.360 e. The molecular weight excluding hydrogens is 308 g/mol. The molecule has 0 radical (unpaired) electrons. The van der Waals surface area contributed by atoms with Crippen LogP contribution in [0.4, 0.5) is 0 Å². The standard InChI is InChI=1S/C17H26N4O3/c1-16(2)13(17(16,3)4)14(22)20-8-6-7-11(9-20)21-10-12(18-19-21)15(23)24-5/h10-11,13H,6-9H2,1-5H3/t11-/m1/s1. The highest BCUT2D eigenvalue weighted by atomic mass is 16.5. The van der Waals surface area contributed by atoms with Gasteiger partial charge in [-0.15, -0.1) is 5.10 Å². The molecule has 24 heavy (non-hydrogen) atoms. The second-order valence-electron chi connectivity index (χ2n) is 8.03. The highest BCUT2D eigenvalue weighted by Crippen LogP contribution is 2.68. The number of piperidine rings is 1. The van der Waals surface area contributed by atoms with Crippen LogP contribution in [-0.2, 0) is 9.53 Å². The van der Waals surface area contributed by atoms with E-state index in [0.717, 1.165) is 19.4 Å². The molecule has 1 saturated heterocycles. The van der Waals surface area contributed by atoms with Crippen molar-refractivity contribution in [3.63, 3.8) is 0 Å². The van der Waals surface area contributed by atoms with E-state index in [4.69, 9.17) is 0 Å². The summed E-state index contributed by atoms with van der Waals surface area (Å²) >= 11 is 0. The Morgan fingerprint density at radius 1 is 1.25 bits per heavy atom. The molecule has 1 aliphatic carbocycles. The van der Waals surface area contributed by atoms with Gasteiger partial charge < -0.3 is 9.64 Å². The Kier molecular flexibility index (Phi) is 3.92. The first-order chi connectivity index (χ1) is 11.2. The van der Waals surface area contributed by atoms with Crippen LogP contribution in [0.1, 0.15) is 57.1 Å². The second kappa shape index (κ2) is 5.57. The summed E-state index contributed by atoms with van der Waals surface area (Å²) in [6, 6.07) is 0.0542. The maximum Gasteiger partial charge on any atom is 0.360 e. The lowest BCUT2D eigenvalue weighted by molar-refractivity contribution is -0.135. The van der Waals surface area contributed by atoms with E-state index in [1.54, 1.807) is 10.9 Å². The second-order valence-corrected chi connectivity index (χ2v) is 8.03. The molecule has 1 atom stereocenters. The van der Waals surface area contributed by atoms with Crippen molar-refractivity contribution in [2.75, 3.05) is 20.2 Å².